The third-order valence-electron chi connectivity index (χ3n) is 1.76. The Balaban J connectivity index is 2.92. The number of carbonyl (C=O) groups excluding carboxylic acids is 1. The molecule has 1 aromatic rings. The first-order valence-electron chi connectivity index (χ1n) is 4.82. The van der Waals surface area contributed by atoms with Crippen LogP contribution in [0, 0.1) is 0 Å². The lowest BCUT2D eigenvalue weighted by Crippen LogP contribution is -2.05. The zero-order chi connectivity index (χ0) is 12.0. The van der Waals surface area contributed by atoms with Crippen LogP contribution in [-0.2, 0) is 4.79 Å². The van der Waals surface area contributed by atoms with Gasteiger partial charge in [-0.3, -0.25) is 4.79 Å². The lowest BCUT2D eigenvalue weighted by atomic mass is 10.3. The number of nitrogens with zero attached hydrogens (tertiary/aromatic N) is 1. The van der Waals surface area contributed by atoms with Gasteiger partial charge in [0.15, 0.2) is 5.04 Å². The van der Waals surface area contributed by atoms with Crippen LogP contribution < -0.4 is 5.73 Å². The molecule has 1 rings (SSSR count). The Morgan fingerprint density at radius 1 is 1.38 bits per heavy atom. The quantitative estimate of drug-likeness (QED) is 0.501. The van der Waals surface area contributed by atoms with Gasteiger partial charge in [-0.15, -0.1) is 11.8 Å². The molecule has 0 atom stereocenters. The molecule has 3 nitrogen and oxygen atoms in total. The van der Waals surface area contributed by atoms with E-state index in [4.69, 9.17) is 5.73 Å². The normalized spacial score (nSPS) is 11.5. The topological polar surface area (TPSA) is 55.4 Å². The molecule has 0 saturated heterocycles. The van der Waals surface area contributed by atoms with Crippen molar-refractivity contribution in [2.45, 2.75) is 6.92 Å². The molecule has 0 aliphatic heterocycles. The van der Waals surface area contributed by atoms with Crippen LogP contribution in [0.2, 0.25) is 0 Å². The molecule has 1 aromatic carbocycles. The largest absolute Gasteiger partial charge is 0.399 e. The SMILES string of the molecule is CCSC(=Nc1ccc(N)cc1)C(=O)SC. The Labute approximate surface area is 104 Å². The molecule has 0 radical (unpaired) electrons. The number of thioether (sulfide) groups is 2. The molecule has 0 fully saturated rings. The maximum atomic E-state index is 11.6. The van der Waals surface area contributed by atoms with Gasteiger partial charge >= 0.3 is 0 Å². The smallest absolute Gasteiger partial charge is 0.244 e. The van der Waals surface area contributed by atoms with Crippen LogP contribution in [0.15, 0.2) is 29.3 Å². The van der Waals surface area contributed by atoms with Gasteiger partial charge in [-0.05, 0) is 36.3 Å². The minimum absolute atomic E-state index is 0.00340. The number of hydrogen-bond acceptors (Lipinski definition) is 5. The van der Waals surface area contributed by atoms with Crippen molar-refractivity contribution in [2.75, 3.05) is 17.7 Å². The van der Waals surface area contributed by atoms with Crippen molar-refractivity contribution in [3.63, 3.8) is 0 Å². The summed E-state index contributed by atoms with van der Waals surface area (Å²) in [6.07, 6.45) is 1.76. The zero-order valence-corrected chi connectivity index (χ0v) is 10.9. The summed E-state index contributed by atoms with van der Waals surface area (Å²) in [6, 6.07) is 7.16. The van der Waals surface area contributed by atoms with Crippen LogP contribution in [-0.4, -0.2) is 22.2 Å². The molecule has 0 amide bonds. The number of anilines is 1. The van der Waals surface area contributed by atoms with Crippen molar-refractivity contribution >= 4 is 45.1 Å². The number of nitrogens with two attached hydrogens (primary N) is 1. The fourth-order valence-corrected chi connectivity index (χ4v) is 2.24. The molecule has 5 heteroatoms. The van der Waals surface area contributed by atoms with E-state index in [1.54, 1.807) is 30.5 Å². The van der Waals surface area contributed by atoms with E-state index in [1.165, 1.54) is 23.5 Å². The third-order valence-corrected chi connectivity index (χ3v) is 3.30. The number of carbonyl (C=O) groups is 1. The standard InChI is InChI=1S/C11H14N2OS2/c1-3-16-10(11(14)15-2)13-9-6-4-8(12)5-7-9/h4-7H,3,12H2,1-2H3. The van der Waals surface area contributed by atoms with Crippen LogP contribution in [0.25, 0.3) is 0 Å². The fourth-order valence-electron chi connectivity index (χ4n) is 1.03. The van der Waals surface area contributed by atoms with Crippen molar-refractivity contribution in [1.29, 1.82) is 0 Å². The summed E-state index contributed by atoms with van der Waals surface area (Å²) < 4.78 is 0. The van der Waals surface area contributed by atoms with Gasteiger partial charge in [0.1, 0.15) is 0 Å². The second-order valence-electron chi connectivity index (χ2n) is 2.93. The molecule has 0 bridgehead atoms. The maximum Gasteiger partial charge on any atom is 0.244 e. The number of nitrogen functional groups attached to an aromatic ring is 1. The number of hydrogen-bond donors (Lipinski definition) is 1. The van der Waals surface area contributed by atoms with E-state index in [1.807, 2.05) is 6.92 Å². The first-order chi connectivity index (χ1) is 7.67. The number of aliphatic imine (C=N–C) groups is 1. The minimum Gasteiger partial charge on any atom is -0.399 e. The van der Waals surface area contributed by atoms with Crippen molar-refractivity contribution in [3.05, 3.63) is 24.3 Å². The Morgan fingerprint density at radius 2 is 2.00 bits per heavy atom. The molecule has 0 aromatic heterocycles. The van der Waals surface area contributed by atoms with Crippen LogP contribution in [0.4, 0.5) is 11.4 Å². The highest BCUT2D eigenvalue weighted by Crippen LogP contribution is 2.19. The molecule has 0 aliphatic carbocycles. The maximum absolute atomic E-state index is 11.6. The average Bonchev–Trinajstić information content (AvgIpc) is 2.30. The van der Waals surface area contributed by atoms with Gasteiger partial charge in [0.2, 0.25) is 5.12 Å². The molecular formula is C11H14N2OS2. The van der Waals surface area contributed by atoms with Crippen molar-refractivity contribution < 1.29 is 4.79 Å². The summed E-state index contributed by atoms with van der Waals surface area (Å²) >= 11 is 2.64. The molecule has 0 spiro atoms. The minimum atomic E-state index is 0.00340. The van der Waals surface area contributed by atoms with Gasteiger partial charge in [-0.1, -0.05) is 18.7 Å². The van der Waals surface area contributed by atoms with Crippen LogP contribution in [0.5, 0.6) is 0 Å². The lowest BCUT2D eigenvalue weighted by molar-refractivity contribution is -0.105. The second-order valence-corrected chi connectivity index (χ2v) is 4.96. The molecule has 0 heterocycles. The predicted octanol–water partition coefficient (Wildman–Crippen LogP) is 2.94. The fraction of sp³-hybridized carbons (Fsp3) is 0.273. The highest BCUT2D eigenvalue weighted by molar-refractivity contribution is 8.24. The van der Waals surface area contributed by atoms with Gasteiger partial charge in [0.25, 0.3) is 0 Å². The van der Waals surface area contributed by atoms with E-state index in [9.17, 15) is 4.79 Å². The Hall–Kier alpha value is -0.940. The summed E-state index contributed by atoms with van der Waals surface area (Å²) in [7, 11) is 0. The summed E-state index contributed by atoms with van der Waals surface area (Å²) in [5.74, 6) is 0.833. The van der Waals surface area contributed by atoms with Crippen molar-refractivity contribution in [2.24, 2.45) is 4.99 Å². The van der Waals surface area contributed by atoms with Gasteiger partial charge in [-0.25, -0.2) is 4.99 Å². The Morgan fingerprint density at radius 3 is 2.50 bits per heavy atom. The number of rotatable bonds is 2. The van der Waals surface area contributed by atoms with E-state index in [2.05, 4.69) is 4.99 Å². The average molecular weight is 254 g/mol. The zero-order valence-electron chi connectivity index (χ0n) is 9.27. The van der Waals surface area contributed by atoms with Gasteiger partial charge < -0.3 is 5.73 Å². The van der Waals surface area contributed by atoms with Crippen LogP contribution >= 0.6 is 23.5 Å². The Bertz CT molecular complexity index is 387. The Kier molecular flexibility index (Phi) is 5.42. The summed E-state index contributed by atoms with van der Waals surface area (Å²) in [4.78, 5) is 15.9. The van der Waals surface area contributed by atoms with Gasteiger partial charge in [-0.2, -0.15) is 0 Å². The van der Waals surface area contributed by atoms with E-state index >= 15 is 0 Å². The first kappa shape index (κ1) is 13.1. The first-order valence-corrected chi connectivity index (χ1v) is 7.03. The van der Waals surface area contributed by atoms with E-state index < -0.39 is 0 Å². The molecule has 0 unspecified atom stereocenters. The van der Waals surface area contributed by atoms with Crippen LogP contribution in [0.3, 0.4) is 0 Å². The summed E-state index contributed by atoms with van der Waals surface area (Å²) in [5.41, 5.74) is 7.03. The molecule has 0 saturated carbocycles. The predicted molar refractivity (Wildman–Crippen MR) is 74.6 cm³/mol. The second kappa shape index (κ2) is 6.60. The highest BCUT2D eigenvalue weighted by Gasteiger charge is 2.09. The molecule has 16 heavy (non-hydrogen) atoms. The molecule has 86 valence electrons. The van der Waals surface area contributed by atoms with E-state index in [0.29, 0.717) is 10.7 Å². The summed E-state index contributed by atoms with van der Waals surface area (Å²) in [5, 5.41) is 0.545. The van der Waals surface area contributed by atoms with Crippen LogP contribution in [0.1, 0.15) is 6.92 Å². The van der Waals surface area contributed by atoms with Gasteiger partial charge in [0.05, 0.1) is 5.69 Å². The monoisotopic (exact) mass is 254 g/mol. The summed E-state index contributed by atoms with van der Waals surface area (Å²) in [6.45, 7) is 2.00. The van der Waals surface area contributed by atoms with Crippen molar-refractivity contribution in [3.8, 4) is 0 Å². The van der Waals surface area contributed by atoms with Crippen molar-refractivity contribution in [1.82, 2.24) is 0 Å². The molecular weight excluding hydrogens is 240 g/mol. The van der Waals surface area contributed by atoms with E-state index in [0.717, 1.165) is 11.4 Å². The molecule has 2 N–H and O–H groups in total. The highest BCUT2D eigenvalue weighted by atomic mass is 32.2. The number of benzene rings is 1. The molecule has 0 aliphatic rings. The van der Waals surface area contributed by atoms with Gasteiger partial charge in [0, 0.05) is 5.69 Å². The van der Waals surface area contributed by atoms with E-state index in [-0.39, 0.29) is 5.12 Å². The third kappa shape index (κ3) is 3.90. The lowest BCUT2D eigenvalue weighted by Gasteiger charge is -2.01.